The molecule has 0 radical (unpaired) electrons. The molecule has 5 unspecified atom stereocenters. The highest BCUT2D eigenvalue weighted by molar-refractivity contribution is 6.38. The second-order valence-electron chi connectivity index (χ2n) is 13.7. The van der Waals surface area contributed by atoms with Gasteiger partial charge in [0, 0.05) is 12.4 Å². The zero-order valence-corrected chi connectivity index (χ0v) is 30.5. The molecule has 1 aliphatic rings. The number of rotatable bonds is 21. The van der Waals surface area contributed by atoms with Crippen molar-refractivity contribution in [3.05, 3.63) is 24.3 Å². The standard InChI is InChI=1S/C35H53N7O10/c1-6-20(5)28(42-31(47)23(15-19(3)4)39-32(48)26-18-36-13-14-37-26)33(49)40-24(16-21-11-9-8-10-12-21)30(46)38-22(7-2)29(45)34(50)41-25(35(51)52)17-27(43)44/h13-14,18-25,28H,6-12,15-17H2,1-5H3,(H,38,46)(H,39,48)(H,40,49)(H,41,50)(H,42,47)(H,43,44)(H,51,52)/t20?,22?,23?,24?,25-,28?/m0/s1. The minimum Gasteiger partial charge on any atom is -0.481 e. The topological polar surface area (TPSA) is 263 Å². The van der Waals surface area contributed by atoms with E-state index in [0.29, 0.717) is 6.42 Å². The van der Waals surface area contributed by atoms with Gasteiger partial charge in [0.25, 0.3) is 11.8 Å². The fraction of sp³-hybridized carbons (Fsp3) is 0.657. The molecule has 0 bridgehead atoms. The molecule has 7 N–H and O–H groups in total. The number of ketones is 1. The number of nitrogens with one attached hydrogen (secondary N) is 5. The summed E-state index contributed by atoms with van der Waals surface area (Å²) in [6.45, 7) is 8.86. The number of carboxylic acids is 2. The maximum Gasteiger partial charge on any atom is 0.326 e. The Hall–Kier alpha value is -4.96. The number of Topliss-reactive ketones (excluding diaryl/α,β-unsaturated/α-hetero) is 1. The molecule has 52 heavy (non-hydrogen) atoms. The Kier molecular flexibility index (Phi) is 17.8. The fourth-order valence-corrected chi connectivity index (χ4v) is 5.94. The lowest BCUT2D eigenvalue weighted by Gasteiger charge is -2.31. The van der Waals surface area contributed by atoms with Crippen molar-refractivity contribution in [2.75, 3.05) is 0 Å². The first-order chi connectivity index (χ1) is 24.6. The van der Waals surface area contributed by atoms with Crippen molar-refractivity contribution < 1.29 is 48.6 Å². The summed E-state index contributed by atoms with van der Waals surface area (Å²) in [6.07, 6.45) is 8.47. The van der Waals surface area contributed by atoms with Crippen molar-refractivity contribution in [2.45, 2.75) is 129 Å². The predicted molar refractivity (Wildman–Crippen MR) is 186 cm³/mol. The third-order valence-corrected chi connectivity index (χ3v) is 9.09. The molecule has 17 nitrogen and oxygen atoms in total. The van der Waals surface area contributed by atoms with Gasteiger partial charge in [-0.15, -0.1) is 0 Å². The van der Waals surface area contributed by atoms with Crippen molar-refractivity contribution in [3.63, 3.8) is 0 Å². The van der Waals surface area contributed by atoms with Crippen LogP contribution in [0.25, 0.3) is 0 Å². The van der Waals surface area contributed by atoms with Gasteiger partial charge >= 0.3 is 11.9 Å². The summed E-state index contributed by atoms with van der Waals surface area (Å²) in [5, 5.41) is 30.9. The largest absolute Gasteiger partial charge is 0.481 e. The Morgan fingerprint density at radius 1 is 0.750 bits per heavy atom. The maximum absolute atomic E-state index is 13.9. The zero-order chi connectivity index (χ0) is 39.0. The molecular weight excluding hydrogens is 678 g/mol. The van der Waals surface area contributed by atoms with Gasteiger partial charge in [-0.1, -0.05) is 73.1 Å². The molecule has 288 valence electrons. The Morgan fingerprint density at radius 3 is 1.92 bits per heavy atom. The zero-order valence-electron chi connectivity index (χ0n) is 30.5. The van der Waals surface area contributed by atoms with Gasteiger partial charge in [0.2, 0.25) is 23.5 Å². The quantitative estimate of drug-likeness (QED) is 0.0878. The fourth-order valence-electron chi connectivity index (χ4n) is 5.94. The summed E-state index contributed by atoms with van der Waals surface area (Å²) < 4.78 is 0. The summed E-state index contributed by atoms with van der Waals surface area (Å²) >= 11 is 0. The van der Waals surface area contributed by atoms with E-state index < -0.39 is 89.8 Å². The number of hydrogen-bond acceptors (Lipinski definition) is 10. The first-order valence-corrected chi connectivity index (χ1v) is 17.8. The lowest BCUT2D eigenvalue weighted by Crippen LogP contribution is -2.60. The van der Waals surface area contributed by atoms with E-state index in [4.69, 9.17) is 5.11 Å². The van der Waals surface area contributed by atoms with E-state index in [9.17, 15) is 43.5 Å². The van der Waals surface area contributed by atoms with Crippen molar-refractivity contribution >= 4 is 47.3 Å². The number of aliphatic carboxylic acids is 2. The average Bonchev–Trinajstić information content (AvgIpc) is 3.11. The minimum atomic E-state index is -1.87. The SMILES string of the molecule is CCC(NC(=O)C(CC1CCCCC1)NC(=O)C(NC(=O)C(CC(C)C)NC(=O)c1cnccn1)C(C)CC)C(=O)C(=O)N[C@@H](CC(=O)O)C(=O)O. The Bertz CT molecular complexity index is 1420. The second kappa shape index (κ2) is 21.4. The molecule has 0 spiro atoms. The monoisotopic (exact) mass is 731 g/mol. The molecule has 1 heterocycles. The van der Waals surface area contributed by atoms with E-state index >= 15 is 0 Å². The molecular formula is C35H53N7O10. The molecule has 6 atom stereocenters. The third kappa shape index (κ3) is 14.0. The van der Waals surface area contributed by atoms with Crippen LogP contribution in [0, 0.1) is 17.8 Å². The molecule has 1 saturated carbocycles. The molecule has 2 rings (SSSR count). The summed E-state index contributed by atoms with van der Waals surface area (Å²) in [7, 11) is 0. The van der Waals surface area contributed by atoms with Crippen LogP contribution in [0.1, 0.15) is 109 Å². The highest BCUT2D eigenvalue weighted by Crippen LogP contribution is 2.27. The maximum atomic E-state index is 13.9. The normalized spacial score (nSPS) is 16.6. The molecule has 0 aliphatic heterocycles. The molecule has 1 aromatic rings. The van der Waals surface area contributed by atoms with Gasteiger partial charge in [0.1, 0.15) is 29.9 Å². The van der Waals surface area contributed by atoms with E-state index in [1.807, 2.05) is 26.1 Å². The van der Waals surface area contributed by atoms with Gasteiger partial charge < -0.3 is 36.8 Å². The van der Waals surface area contributed by atoms with Crippen LogP contribution in [-0.2, 0) is 33.6 Å². The van der Waals surface area contributed by atoms with E-state index in [0.717, 1.165) is 32.1 Å². The molecule has 1 aromatic heterocycles. The van der Waals surface area contributed by atoms with Crippen LogP contribution in [0.15, 0.2) is 18.6 Å². The van der Waals surface area contributed by atoms with Crippen molar-refractivity contribution in [1.29, 1.82) is 0 Å². The van der Waals surface area contributed by atoms with Crippen molar-refractivity contribution in [2.24, 2.45) is 17.8 Å². The van der Waals surface area contributed by atoms with Crippen LogP contribution < -0.4 is 26.6 Å². The van der Waals surface area contributed by atoms with E-state index in [1.54, 1.807) is 6.92 Å². The van der Waals surface area contributed by atoms with Crippen LogP contribution in [-0.4, -0.2) is 97.6 Å². The predicted octanol–water partition coefficient (Wildman–Crippen LogP) is 1.12. The van der Waals surface area contributed by atoms with Crippen LogP contribution in [0.3, 0.4) is 0 Å². The van der Waals surface area contributed by atoms with Crippen LogP contribution in [0.5, 0.6) is 0 Å². The lowest BCUT2D eigenvalue weighted by molar-refractivity contribution is -0.149. The van der Waals surface area contributed by atoms with E-state index in [-0.39, 0.29) is 36.8 Å². The number of nitrogens with zero attached hydrogens (tertiary/aromatic N) is 2. The second-order valence-corrected chi connectivity index (χ2v) is 13.7. The molecule has 0 aromatic carbocycles. The van der Waals surface area contributed by atoms with E-state index in [2.05, 4.69) is 31.2 Å². The summed E-state index contributed by atoms with van der Waals surface area (Å²) in [5.74, 6) is -8.69. The van der Waals surface area contributed by atoms with Crippen molar-refractivity contribution in [1.82, 2.24) is 36.6 Å². The first-order valence-electron chi connectivity index (χ1n) is 17.8. The highest BCUT2D eigenvalue weighted by Gasteiger charge is 2.36. The van der Waals surface area contributed by atoms with Gasteiger partial charge in [0.15, 0.2) is 0 Å². The molecule has 1 fully saturated rings. The Labute approximate surface area is 303 Å². The molecule has 5 amide bonds. The first kappa shape index (κ1) is 43.2. The molecule has 17 heteroatoms. The molecule has 0 saturated heterocycles. The van der Waals surface area contributed by atoms with Crippen LogP contribution in [0.4, 0.5) is 0 Å². The van der Waals surface area contributed by atoms with Gasteiger partial charge in [-0.05, 0) is 37.0 Å². The summed E-state index contributed by atoms with van der Waals surface area (Å²) in [5.41, 5.74) is 0.0140. The van der Waals surface area contributed by atoms with Gasteiger partial charge in [-0.25, -0.2) is 9.78 Å². The number of aromatic nitrogens is 2. The van der Waals surface area contributed by atoms with Gasteiger partial charge in [0.05, 0.1) is 18.7 Å². The van der Waals surface area contributed by atoms with E-state index in [1.165, 1.54) is 25.5 Å². The number of carbonyl (C=O) groups excluding carboxylic acids is 6. The summed E-state index contributed by atoms with van der Waals surface area (Å²) in [4.78, 5) is 110. The van der Waals surface area contributed by atoms with Gasteiger partial charge in [-0.3, -0.25) is 38.5 Å². The number of amides is 5. The lowest BCUT2D eigenvalue weighted by atomic mass is 9.84. The smallest absolute Gasteiger partial charge is 0.326 e. The van der Waals surface area contributed by atoms with Gasteiger partial charge in [-0.2, -0.15) is 0 Å². The summed E-state index contributed by atoms with van der Waals surface area (Å²) in [6, 6.07) is -6.57. The van der Waals surface area contributed by atoms with Crippen molar-refractivity contribution in [3.8, 4) is 0 Å². The number of hydrogen-bond donors (Lipinski definition) is 7. The Morgan fingerprint density at radius 2 is 1.38 bits per heavy atom. The number of carbonyl (C=O) groups is 8. The highest BCUT2D eigenvalue weighted by atomic mass is 16.4. The average molecular weight is 732 g/mol. The van der Waals surface area contributed by atoms with Crippen LogP contribution in [0.2, 0.25) is 0 Å². The minimum absolute atomic E-state index is 0.0131. The number of carboxylic acid groups (broad SMARTS) is 2. The van der Waals surface area contributed by atoms with Crippen LogP contribution >= 0.6 is 0 Å². The molecule has 1 aliphatic carbocycles. The Balaban J connectivity index is 2.29. The third-order valence-electron chi connectivity index (χ3n) is 9.09.